The molecule has 128 valence electrons. The molecule has 0 aliphatic carbocycles. The summed E-state index contributed by atoms with van der Waals surface area (Å²) in [5, 5.41) is 0. The minimum absolute atomic E-state index is 0.292. The summed E-state index contributed by atoms with van der Waals surface area (Å²) < 4.78 is 0. The van der Waals surface area contributed by atoms with Gasteiger partial charge >= 0.3 is 0 Å². The van der Waals surface area contributed by atoms with Crippen LogP contribution in [0.3, 0.4) is 0 Å². The summed E-state index contributed by atoms with van der Waals surface area (Å²) in [5.74, 6) is 0.655. The Morgan fingerprint density at radius 3 is 2.38 bits per heavy atom. The fourth-order valence-corrected chi connectivity index (χ4v) is 3.95. The lowest BCUT2D eigenvalue weighted by atomic mass is 9.88. The molecule has 1 heterocycles. The van der Waals surface area contributed by atoms with Gasteiger partial charge in [-0.2, -0.15) is 0 Å². The first kappa shape index (κ1) is 17.2. The maximum atomic E-state index is 6.37. The summed E-state index contributed by atoms with van der Waals surface area (Å²) in [5.41, 5.74) is 13.3. The molecule has 24 heavy (non-hydrogen) atoms. The third kappa shape index (κ3) is 4.46. The van der Waals surface area contributed by atoms with Gasteiger partial charge in [0.15, 0.2) is 0 Å². The SMILES string of the molecule is Cc1ccc(CC2CC(N)CN(Cc3ccc(C)cc3C)C2)cc1. The highest BCUT2D eigenvalue weighted by Crippen LogP contribution is 2.23. The lowest BCUT2D eigenvalue weighted by Gasteiger charge is -2.36. The van der Waals surface area contributed by atoms with Crippen LogP contribution >= 0.6 is 0 Å². The first-order valence-corrected chi connectivity index (χ1v) is 9.09. The molecule has 2 atom stereocenters. The quantitative estimate of drug-likeness (QED) is 0.922. The third-order valence-electron chi connectivity index (χ3n) is 5.18. The predicted molar refractivity (Wildman–Crippen MR) is 102 cm³/mol. The molecule has 0 bridgehead atoms. The van der Waals surface area contributed by atoms with Crippen molar-refractivity contribution in [1.82, 2.24) is 4.90 Å². The van der Waals surface area contributed by atoms with Gasteiger partial charge in [0, 0.05) is 25.7 Å². The lowest BCUT2D eigenvalue weighted by Crippen LogP contribution is -2.47. The standard InChI is InChI=1S/C22H30N2/c1-16-4-7-19(8-5-16)11-20-12-22(23)15-24(13-20)14-21-9-6-17(2)10-18(21)3/h4-10,20,22H,11-15,23H2,1-3H3. The number of rotatable bonds is 4. The fourth-order valence-electron chi connectivity index (χ4n) is 3.95. The molecular weight excluding hydrogens is 292 g/mol. The first-order chi connectivity index (χ1) is 11.5. The zero-order chi connectivity index (χ0) is 17.1. The predicted octanol–water partition coefficient (Wildman–Crippen LogP) is 4.00. The molecule has 0 aromatic heterocycles. The third-order valence-corrected chi connectivity index (χ3v) is 5.18. The van der Waals surface area contributed by atoms with Crippen molar-refractivity contribution in [1.29, 1.82) is 0 Å². The van der Waals surface area contributed by atoms with Gasteiger partial charge in [0.1, 0.15) is 0 Å². The first-order valence-electron chi connectivity index (χ1n) is 9.09. The van der Waals surface area contributed by atoms with Gasteiger partial charge in [-0.3, -0.25) is 4.90 Å². The monoisotopic (exact) mass is 322 g/mol. The molecule has 1 fully saturated rings. The van der Waals surface area contributed by atoms with E-state index in [1.165, 1.54) is 27.8 Å². The fraction of sp³-hybridized carbons (Fsp3) is 0.455. The number of nitrogens with two attached hydrogens (primary N) is 1. The van der Waals surface area contributed by atoms with Crippen molar-refractivity contribution in [2.24, 2.45) is 11.7 Å². The average molecular weight is 322 g/mol. The van der Waals surface area contributed by atoms with E-state index < -0.39 is 0 Å². The van der Waals surface area contributed by atoms with E-state index in [0.717, 1.165) is 32.5 Å². The summed E-state index contributed by atoms with van der Waals surface area (Å²) in [7, 11) is 0. The second-order valence-electron chi connectivity index (χ2n) is 7.68. The van der Waals surface area contributed by atoms with Crippen molar-refractivity contribution >= 4 is 0 Å². The van der Waals surface area contributed by atoms with Crippen LogP contribution in [-0.4, -0.2) is 24.0 Å². The van der Waals surface area contributed by atoms with Crippen LogP contribution in [0, 0.1) is 26.7 Å². The Bertz CT molecular complexity index is 675. The molecule has 2 aromatic rings. The van der Waals surface area contributed by atoms with Crippen molar-refractivity contribution in [3.63, 3.8) is 0 Å². The molecule has 2 heteroatoms. The van der Waals surface area contributed by atoms with Crippen LogP contribution in [0.5, 0.6) is 0 Å². The second kappa shape index (κ2) is 7.50. The number of benzene rings is 2. The number of nitrogens with zero attached hydrogens (tertiary/aromatic N) is 1. The maximum absolute atomic E-state index is 6.37. The topological polar surface area (TPSA) is 29.3 Å². The highest BCUT2D eigenvalue weighted by atomic mass is 15.1. The lowest BCUT2D eigenvalue weighted by molar-refractivity contribution is 0.149. The number of likely N-dealkylation sites (tertiary alicyclic amines) is 1. The smallest absolute Gasteiger partial charge is 0.0237 e. The van der Waals surface area contributed by atoms with Crippen LogP contribution < -0.4 is 5.73 Å². The molecule has 0 amide bonds. The molecule has 1 aliphatic rings. The summed E-state index contributed by atoms with van der Waals surface area (Å²) in [6, 6.07) is 16.0. The Hall–Kier alpha value is -1.64. The molecule has 2 nitrogen and oxygen atoms in total. The van der Waals surface area contributed by atoms with Crippen molar-refractivity contribution in [2.45, 2.75) is 46.2 Å². The van der Waals surface area contributed by atoms with Gasteiger partial charge in [0.2, 0.25) is 0 Å². The van der Waals surface area contributed by atoms with E-state index in [4.69, 9.17) is 5.73 Å². The van der Waals surface area contributed by atoms with Gasteiger partial charge in [-0.15, -0.1) is 0 Å². The Balaban J connectivity index is 1.65. The van der Waals surface area contributed by atoms with Crippen molar-refractivity contribution in [2.75, 3.05) is 13.1 Å². The number of hydrogen-bond donors (Lipinski definition) is 1. The molecule has 1 saturated heterocycles. The summed E-state index contributed by atoms with van der Waals surface area (Å²) in [6.45, 7) is 9.70. The van der Waals surface area contributed by atoms with Crippen LogP contribution in [-0.2, 0) is 13.0 Å². The van der Waals surface area contributed by atoms with E-state index in [1.807, 2.05) is 0 Å². The van der Waals surface area contributed by atoms with Gasteiger partial charge in [0.05, 0.1) is 0 Å². The van der Waals surface area contributed by atoms with Gasteiger partial charge in [-0.05, 0) is 56.2 Å². The molecule has 0 radical (unpaired) electrons. The average Bonchev–Trinajstić information content (AvgIpc) is 2.52. The molecular formula is C22H30N2. The Morgan fingerprint density at radius 2 is 1.67 bits per heavy atom. The van der Waals surface area contributed by atoms with E-state index in [2.05, 4.69) is 68.1 Å². The van der Waals surface area contributed by atoms with Gasteiger partial charge in [0.25, 0.3) is 0 Å². The maximum Gasteiger partial charge on any atom is 0.0237 e. The van der Waals surface area contributed by atoms with E-state index in [0.29, 0.717) is 12.0 Å². The molecule has 2 unspecified atom stereocenters. The largest absolute Gasteiger partial charge is 0.327 e. The minimum Gasteiger partial charge on any atom is -0.327 e. The van der Waals surface area contributed by atoms with Crippen molar-refractivity contribution in [3.05, 3.63) is 70.3 Å². The highest BCUT2D eigenvalue weighted by molar-refractivity contribution is 5.30. The second-order valence-corrected chi connectivity index (χ2v) is 7.68. The van der Waals surface area contributed by atoms with Gasteiger partial charge < -0.3 is 5.73 Å². The Morgan fingerprint density at radius 1 is 0.958 bits per heavy atom. The Labute approximate surface area is 146 Å². The van der Waals surface area contributed by atoms with E-state index in [-0.39, 0.29) is 0 Å². The molecule has 2 N–H and O–H groups in total. The summed E-state index contributed by atoms with van der Waals surface area (Å²) >= 11 is 0. The van der Waals surface area contributed by atoms with Crippen LogP contribution in [0.1, 0.15) is 34.2 Å². The van der Waals surface area contributed by atoms with Crippen LogP contribution in [0.15, 0.2) is 42.5 Å². The van der Waals surface area contributed by atoms with E-state index in [1.54, 1.807) is 0 Å². The zero-order valence-corrected chi connectivity index (χ0v) is 15.3. The van der Waals surface area contributed by atoms with Gasteiger partial charge in [-0.25, -0.2) is 0 Å². The molecule has 0 saturated carbocycles. The van der Waals surface area contributed by atoms with Crippen molar-refractivity contribution in [3.8, 4) is 0 Å². The molecule has 0 spiro atoms. The summed E-state index contributed by atoms with van der Waals surface area (Å²) in [6.07, 6.45) is 2.27. The Kier molecular flexibility index (Phi) is 5.37. The van der Waals surface area contributed by atoms with Crippen molar-refractivity contribution < 1.29 is 0 Å². The highest BCUT2D eigenvalue weighted by Gasteiger charge is 2.25. The van der Waals surface area contributed by atoms with E-state index >= 15 is 0 Å². The van der Waals surface area contributed by atoms with Crippen LogP contribution in [0.25, 0.3) is 0 Å². The molecule has 2 aromatic carbocycles. The number of hydrogen-bond acceptors (Lipinski definition) is 2. The number of piperidine rings is 1. The molecule has 3 rings (SSSR count). The van der Waals surface area contributed by atoms with Crippen LogP contribution in [0.2, 0.25) is 0 Å². The van der Waals surface area contributed by atoms with Crippen LogP contribution in [0.4, 0.5) is 0 Å². The summed E-state index contributed by atoms with van der Waals surface area (Å²) in [4.78, 5) is 2.55. The molecule has 1 aliphatic heterocycles. The van der Waals surface area contributed by atoms with Gasteiger partial charge in [-0.1, -0.05) is 53.6 Å². The number of aryl methyl sites for hydroxylation is 3. The minimum atomic E-state index is 0.292. The zero-order valence-electron chi connectivity index (χ0n) is 15.3. The van der Waals surface area contributed by atoms with E-state index in [9.17, 15) is 0 Å². The normalized spacial score (nSPS) is 21.8.